The molecule has 5 rings (SSSR count). The molecule has 0 spiro atoms. The van der Waals surface area contributed by atoms with Gasteiger partial charge in [-0.15, -0.1) is 11.3 Å². The highest BCUT2D eigenvalue weighted by molar-refractivity contribution is 7.21. The van der Waals surface area contributed by atoms with E-state index < -0.39 is 18.0 Å². The third-order valence-corrected chi connectivity index (χ3v) is 6.71. The Morgan fingerprint density at radius 2 is 1.87 bits per heavy atom. The van der Waals surface area contributed by atoms with E-state index in [1.165, 1.54) is 44.0 Å². The first-order valence-electron chi connectivity index (χ1n) is 11.5. The lowest BCUT2D eigenvalue weighted by Gasteiger charge is -2.15. The fourth-order valence-electron chi connectivity index (χ4n) is 3.64. The van der Waals surface area contributed by atoms with Crippen LogP contribution in [0.1, 0.15) is 6.92 Å². The third-order valence-electron chi connectivity index (χ3n) is 5.44. The summed E-state index contributed by atoms with van der Waals surface area (Å²) in [6.45, 7) is 1.55. The molecule has 0 saturated heterocycles. The molecule has 0 saturated carbocycles. The van der Waals surface area contributed by atoms with Crippen LogP contribution < -0.4 is 19.5 Å². The molecule has 10 nitrogen and oxygen atoms in total. The fraction of sp³-hybridized carbons (Fsp3) is 0.192. The second kappa shape index (κ2) is 11.2. The van der Waals surface area contributed by atoms with Crippen LogP contribution in [0.15, 0.2) is 48.8 Å². The summed E-state index contributed by atoms with van der Waals surface area (Å²) in [6, 6.07) is 9.51. The molecular weight excluding hydrogens is 549 g/mol. The summed E-state index contributed by atoms with van der Waals surface area (Å²) in [6.07, 6.45) is 1.61. The summed E-state index contributed by atoms with van der Waals surface area (Å²) in [5.74, 6) is 0.185. The van der Waals surface area contributed by atoms with Crippen LogP contribution in [0.3, 0.4) is 0 Å². The highest BCUT2D eigenvalue weighted by atomic mass is 35.5. The fourth-order valence-corrected chi connectivity index (χ4v) is 4.85. The van der Waals surface area contributed by atoms with Crippen LogP contribution in [0.4, 0.5) is 14.9 Å². The van der Waals surface area contributed by atoms with Crippen molar-refractivity contribution in [2.45, 2.75) is 13.0 Å². The highest BCUT2D eigenvalue weighted by Crippen LogP contribution is 2.38. The number of methoxy groups -OCH3 is 2. The van der Waals surface area contributed by atoms with Gasteiger partial charge in [0.2, 0.25) is 11.8 Å². The van der Waals surface area contributed by atoms with Crippen molar-refractivity contribution in [3.05, 3.63) is 59.6 Å². The van der Waals surface area contributed by atoms with Gasteiger partial charge in [-0.2, -0.15) is 0 Å². The average molecular weight is 570 g/mol. The number of fused-ring (bicyclic) bond motifs is 2. The van der Waals surface area contributed by atoms with Crippen LogP contribution in [-0.4, -0.2) is 53.0 Å². The molecule has 0 bridgehead atoms. The van der Waals surface area contributed by atoms with Gasteiger partial charge in [-0.25, -0.2) is 29.1 Å². The van der Waals surface area contributed by atoms with E-state index >= 15 is 0 Å². The van der Waals surface area contributed by atoms with Crippen LogP contribution in [-0.2, 0) is 4.74 Å². The molecule has 1 amide bonds. The van der Waals surface area contributed by atoms with Gasteiger partial charge in [-0.05, 0) is 25.1 Å². The minimum absolute atomic E-state index is 0.00837. The number of nitrogens with one attached hydrogen (secondary N) is 1. The summed E-state index contributed by atoms with van der Waals surface area (Å²) >= 11 is 7.66. The number of carbonyl (C=O) groups is 1. The summed E-state index contributed by atoms with van der Waals surface area (Å²) in [5.41, 5.74) is 2.69. The summed E-state index contributed by atoms with van der Waals surface area (Å²) < 4.78 is 36.6. The molecule has 0 aliphatic heterocycles. The number of nitrogens with zero attached hydrogens (tertiary/aromatic N) is 4. The Morgan fingerprint density at radius 3 is 2.62 bits per heavy atom. The number of rotatable bonds is 8. The van der Waals surface area contributed by atoms with E-state index in [0.717, 1.165) is 0 Å². The SMILES string of the molecule is COc1ccc(NC(=O)OC[C@H](C)Oc2cc3sc(-c4cc(Cl)cc5nc(OC)cnc45)nc3cc2F)cn1. The molecule has 3 aromatic heterocycles. The van der Waals surface area contributed by atoms with E-state index in [1.54, 1.807) is 37.3 Å². The van der Waals surface area contributed by atoms with Crippen molar-refractivity contribution in [1.82, 2.24) is 19.9 Å². The first-order valence-corrected chi connectivity index (χ1v) is 12.7. The van der Waals surface area contributed by atoms with E-state index in [4.69, 9.17) is 30.5 Å². The maximum absolute atomic E-state index is 14.9. The number of hydrogen-bond donors (Lipinski definition) is 1. The van der Waals surface area contributed by atoms with Crippen LogP contribution in [0, 0.1) is 5.82 Å². The maximum atomic E-state index is 14.9. The molecular formula is C26H21ClFN5O5S. The number of aromatic nitrogens is 4. The lowest BCUT2D eigenvalue weighted by Crippen LogP contribution is -2.24. The van der Waals surface area contributed by atoms with Gasteiger partial charge in [-0.1, -0.05) is 11.6 Å². The van der Waals surface area contributed by atoms with Gasteiger partial charge in [0.1, 0.15) is 17.7 Å². The minimum Gasteiger partial charge on any atom is -0.484 e. The second-order valence-corrected chi connectivity index (χ2v) is 9.71. The van der Waals surface area contributed by atoms with Crippen LogP contribution in [0.25, 0.3) is 31.8 Å². The van der Waals surface area contributed by atoms with E-state index in [9.17, 15) is 9.18 Å². The Bertz CT molecular complexity index is 1670. The minimum atomic E-state index is -0.699. The number of amides is 1. The van der Waals surface area contributed by atoms with Crippen molar-refractivity contribution in [2.75, 3.05) is 26.1 Å². The number of anilines is 1. The summed E-state index contributed by atoms with van der Waals surface area (Å²) in [7, 11) is 3.00. The number of hydrogen-bond acceptors (Lipinski definition) is 10. The molecule has 200 valence electrons. The van der Waals surface area contributed by atoms with Gasteiger partial charge >= 0.3 is 6.09 Å². The molecule has 0 aliphatic carbocycles. The van der Waals surface area contributed by atoms with Gasteiger partial charge < -0.3 is 18.9 Å². The van der Waals surface area contributed by atoms with Crippen molar-refractivity contribution in [1.29, 1.82) is 0 Å². The number of halogens is 2. The molecule has 39 heavy (non-hydrogen) atoms. The number of pyridine rings is 1. The number of carbonyl (C=O) groups excluding carboxylic acids is 1. The molecule has 2 aromatic carbocycles. The molecule has 5 aromatic rings. The van der Waals surface area contributed by atoms with Gasteiger partial charge in [0.05, 0.1) is 53.6 Å². The lowest BCUT2D eigenvalue weighted by atomic mass is 10.2. The monoisotopic (exact) mass is 569 g/mol. The second-order valence-electron chi connectivity index (χ2n) is 8.24. The quantitative estimate of drug-likeness (QED) is 0.235. The predicted molar refractivity (Wildman–Crippen MR) is 146 cm³/mol. The van der Waals surface area contributed by atoms with Crippen LogP contribution >= 0.6 is 22.9 Å². The lowest BCUT2D eigenvalue weighted by molar-refractivity contribution is 0.0969. The average Bonchev–Trinajstić information content (AvgIpc) is 3.34. The standard InChI is InChI=1S/C26H21ClFN5O5S/c1-13(12-37-26(34)31-15-4-5-22(35-2)29-10-15)38-20-9-21-18(8-17(20)28)33-25(39-21)16-6-14(27)7-19-24(16)30-11-23(32-19)36-3/h4-11,13H,12H2,1-3H3,(H,31,34)/t13-/m0/s1. The third kappa shape index (κ3) is 5.91. The normalized spacial score (nSPS) is 11.8. The van der Waals surface area contributed by atoms with E-state index in [2.05, 4.69) is 25.3 Å². The molecule has 3 heterocycles. The zero-order valence-corrected chi connectivity index (χ0v) is 22.5. The molecule has 0 radical (unpaired) electrons. The number of ether oxygens (including phenoxy) is 4. The van der Waals surface area contributed by atoms with Crippen molar-refractivity contribution in [2.24, 2.45) is 0 Å². The Kier molecular flexibility index (Phi) is 7.57. The molecule has 0 fully saturated rings. The molecule has 0 aliphatic rings. The summed E-state index contributed by atoms with van der Waals surface area (Å²) in [5, 5.41) is 3.59. The highest BCUT2D eigenvalue weighted by Gasteiger charge is 2.18. The molecule has 13 heteroatoms. The largest absolute Gasteiger partial charge is 0.484 e. The summed E-state index contributed by atoms with van der Waals surface area (Å²) in [4.78, 5) is 29.5. The van der Waals surface area contributed by atoms with Crippen LogP contribution in [0.5, 0.6) is 17.5 Å². The van der Waals surface area contributed by atoms with Gasteiger partial charge in [0, 0.05) is 28.8 Å². The van der Waals surface area contributed by atoms with E-state index in [1.807, 2.05) is 0 Å². The molecule has 0 unspecified atom stereocenters. The Balaban J connectivity index is 1.30. The Hall–Kier alpha value is -4.29. The number of thiazole rings is 1. The van der Waals surface area contributed by atoms with Crippen molar-refractivity contribution >= 4 is 56.0 Å². The topological polar surface area (TPSA) is 118 Å². The van der Waals surface area contributed by atoms with E-state index in [-0.39, 0.29) is 12.4 Å². The van der Waals surface area contributed by atoms with Crippen LogP contribution in [0.2, 0.25) is 5.02 Å². The molecule has 1 N–H and O–H groups in total. The van der Waals surface area contributed by atoms with Gasteiger partial charge in [-0.3, -0.25) is 5.32 Å². The van der Waals surface area contributed by atoms with Crippen molar-refractivity contribution in [3.8, 4) is 28.1 Å². The van der Waals surface area contributed by atoms with Crippen molar-refractivity contribution < 1.29 is 28.1 Å². The first kappa shape index (κ1) is 26.3. The zero-order chi connectivity index (χ0) is 27.5. The molecule has 1 atom stereocenters. The van der Waals surface area contributed by atoms with E-state index in [0.29, 0.717) is 54.3 Å². The van der Waals surface area contributed by atoms with Gasteiger partial charge in [0.15, 0.2) is 11.6 Å². The van der Waals surface area contributed by atoms with Crippen molar-refractivity contribution in [3.63, 3.8) is 0 Å². The zero-order valence-electron chi connectivity index (χ0n) is 20.9. The van der Waals surface area contributed by atoms with Gasteiger partial charge in [0.25, 0.3) is 0 Å². The smallest absolute Gasteiger partial charge is 0.411 e. The predicted octanol–water partition coefficient (Wildman–Crippen LogP) is 6.13. The Labute approximate surface area is 230 Å². The number of benzene rings is 2. The maximum Gasteiger partial charge on any atom is 0.411 e. The first-order chi connectivity index (χ1) is 18.8. The Morgan fingerprint density at radius 1 is 1.05 bits per heavy atom.